The molecule has 0 radical (unpaired) electrons. The maximum absolute atomic E-state index is 3.87. The van der Waals surface area contributed by atoms with E-state index in [9.17, 15) is 0 Å². The van der Waals surface area contributed by atoms with Crippen molar-refractivity contribution in [2.45, 2.75) is 32.0 Å². The molecule has 9 rings (SSSR count). The molecule has 3 heterocycles. The van der Waals surface area contributed by atoms with Crippen LogP contribution in [0.25, 0.3) is 65.4 Å². The van der Waals surface area contributed by atoms with Gasteiger partial charge in [-0.05, 0) is 40.5 Å². The van der Waals surface area contributed by atoms with E-state index in [1.54, 1.807) is 0 Å². The number of rotatable bonds is 7. The van der Waals surface area contributed by atoms with Crippen LogP contribution in [0.3, 0.4) is 0 Å². The largest absolute Gasteiger partial charge is 0.355 e. The van der Waals surface area contributed by atoms with E-state index in [4.69, 9.17) is 0 Å². The van der Waals surface area contributed by atoms with Crippen LogP contribution in [-0.4, -0.2) is 21.7 Å². The van der Waals surface area contributed by atoms with Gasteiger partial charge in [0.1, 0.15) is 0 Å². The van der Waals surface area contributed by atoms with Crippen molar-refractivity contribution < 1.29 is 0 Å². The zero-order chi connectivity index (χ0) is 29.9. The van der Waals surface area contributed by atoms with Crippen LogP contribution in [0.15, 0.2) is 127 Å². The molecular weight excluding hydrogens is 545 g/mol. The van der Waals surface area contributed by atoms with Gasteiger partial charge in [-0.15, -0.1) is 0 Å². The molecule has 3 aromatic heterocycles. The highest BCUT2D eigenvalue weighted by atomic mass is 14.7. The Balaban J connectivity index is 1.38. The first-order valence-electron chi connectivity index (χ1n) is 16.3. The van der Waals surface area contributed by atoms with Crippen molar-refractivity contribution in [1.29, 1.82) is 0 Å². The first-order valence-corrected chi connectivity index (χ1v) is 16.3. The molecule has 0 saturated heterocycles. The summed E-state index contributed by atoms with van der Waals surface area (Å²) in [7, 11) is 0. The first kappa shape index (κ1) is 26.2. The molecule has 0 aliphatic heterocycles. The van der Waals surface area contributed by atoms with E-state index in [1.165, 1.54) is 81.9 Å². The Morgan fingerprint density at radius 1 is 0.467 bits per heavy atom. The van der Waals surface area contributed by atoms with Crippen LogP contribution in [-0.2, 0) is 0 Å². The minimum atomic E-state index is 0.113. The SMILES string of the molecule is CCCCC(B(c1cccc2c1[nH]c1ccccc12)c1cccc2c1[nH]c1ccccc12)c1cccc2c1[nH]c1ccccc12. The summed E-state index contributed by atoms with van der Waals surface area (Å²) < 4.78 is 0. The van der Waals surface area contributed by atoms with Gasteiger partial charge in [0.2, 0.25) is 6.71 Å². The Kier molecular flexibility index (Phi) is 6.09. The van der Waals surface area contributed by atoms with Crippen LogP contribution >= 0.6 is 0 Å². The minimum Gasteiger partial charge on any atom is -0.355 e. The van der Waals surface area contributed by atoms with E-state index in [-0.39, 0.29) is 12.5 Å². The molecule has 3 nitrogen and oxygen atoms in total. The Hall–Kier alpha value is -5.22. The van der Waals surface area contributed by atoms with Gasteiger partial charge in [0.15, 0.2) is 0 Å². The lowest BCUT2D eigenvalue weighted by Crippen LogP contribution is -2.48. The standard InChI is InChI=1S/C41H34BN3/c1-2-3-20-33(32-19-10-16-29-26-13-4-7-23-36(26)43-39(29)32)42(34-21-11-17-30-27-14-5-8-24-37(27)44-40(30)34)35-22-12-18-31-28-15-6-9-25-38(28)45-41(31)35/h4-19,21-25,33,43-45H,2-3,20H2,1H3. The lowest BCUT2D eigenvalue weighted by molar-refractivity contribution is 0.696. The van der Waals surface area contributed by atoms with E-state index in [0.29, 0.717) is 0 Å². The average Bonchev–Trinajstić information content (AvgIpc) is 3.78. The molecule has 4 heteroatoms. The molecule has 9 aromatic rings. The summed E-state index contributed by atoms with van der Waals surface area (Å²) in [5.41, 5.74) is 11.4. The number of aromatic amines is 3. The zero-order valence-electron chi connectivity index (χ0n) is 25.4. The fourth-order valence-electron chi connectivity index (χ4n) is 8.04. The van der Waals surface area contributed by atoms with Gasteiger partial charge in [-0.1, -0.05) is 135 Å². The Morgan fingerprint density at radius 2 is 0.889 bits per heavy atom. The second-order valence-electron chi connectivity index (χ2n) is 12.5. The van der Waals surface area contributed by atoms with Crippen molar-refractivity contribution in [1.82, 2.24) is 15.0 Å². The quantitative estimate of drug-likeness (QED) is 0.158. The summed E-state index contributed by atoms with van der Waals surface area (Å²) in [4.78, 5) is 11.6. The lowest BCUT2D eigenvalue weighted by atomic mass is 9.31. The highest BCUT2D eigenvalue weighted by Crippen LogP contribution is 2.36. The normalized spacial score (nSPS) is 12.7. The third-order valence-corrected chi connectivity index (χ3v) is 10.1. The third kappa shape index (κ3) is 4.05. The summed E-state index contributed by atoms with van der Waals surface area (Å²) in [5.74, 6) is 0.246. The second kappa shape index (κ2) is 10.5. The van der Waals surface area contributed by atoms with Crippen LogP contribution in [0.1, 0.15) is 37.6 Å². The number of hydrogen-bond donors (Lipinski definition) is 3. The molecule has 3 N–H and O–H groups in total. The smallest absolute Gasteiger partial charge is 0.222 e. The average molecular weight is 580 g/mol. The minimum absolute atomic E-state index is 0.113. The summed E-state index contributed by atoms with van der Waals surface area (Å²) >= 11 is 0. The first-order chi connectivity index (χ1) is 22.3. The molecule has 0 amide bonds. The van der Waals surface area contributed by atoms with Gasteiger partial charge in [0, 0.05) is 65.4 Å². The van der Waals surface area contributed by atoms with Gasteiger partial charge < -0.3 is 15.0 Å². The predicted octanol–water partition coefficient (Wildman–Crippen LogP) is 9.71. The maximum atomic E-state index is 3.87. The molecule has 6 aromatic carbocycles. The summed E-state index contributed by atoms with van der Waals surface area (Å²) in [6.45, 7) is 2.42. The van der Waals surface area contributed by atoms with Crippen molar-refractivity contribution in [3.05, 3.63) is 133 Å². The van der Waals surface area contributed by atoms with Crippen molar-refractivity contribution in [2.75, 3.05) is 0 Å². The zero-order valence-corrected chi connectivity index (χ0v) is 25.4. The van der Waals surface area contributed by atoms with E-state index >= 15 is 0 Å². The molecule has 0 aliphatic carbocycles. The van der Waals surface area contributed by atoms with E-state index in [1.807, 2.05) is 0 Å². The second-order valence-corrected chi connectivity index (χ2v) is 12.5. The van der Waals surface area contributed by atoms with Gasteiger partial charge in [-0.3, -0.25) is 0 Å². The van der Waals surface area contributed by atoms with Gasteiger partial charge in [-0.2, -0.15) is 0 Å². The Labute approximate surface area is 262 Å². The van der Waals surface area contributed by atoms with E-state index in [2.05, 4.69) is 149 Å². The maximum Gasteiger partial charge on any atom is 0.222 e. The van der Waals surface area contributed by atoms with E-state index < -0.39 is 0 Å². The monoisotopic (exact) mass is 579 g/mol. The molecule has 0 spiro atoms. The Bertz CT molecular complexity index is 2400. The molecule has 0 saturated carbocycles. The van der Waals surface area contributed by atoms with Crippen LogP contribution < -0.4 is 10.9 Å². The van der Waals surface area contributed by atoms with E-state index in [0.717, 1.165) is 19.3 Å². The highest BCUT2D eigenvalue weighted by Gasteiger charge is 2.35. The van der Waals surface area contributed by atoms with Gasteiger partial charge in [-0.25, -0.2) is 0 Å². The number of unbranched alkanes of at least 4 members (excludes halogenated alkanes) is 1. The third-order valence-electron chi connectivity index (χ3n) is 10.1. The topological polar surface area (TPSA) is 47.4 Å². The van der Waals surface area contributed by atoms with Gasteiger partial charge in [0.25, 0.3) is 0 Å². The van der Waals surface area contributed by atoms with Crippen LogP contribution in [0.4, 0.5) is 0 Å². The molecule has 0 aliphatic rings. The van der Waals surface area contributed by atoms with Gasteiger partial charge >= 0.3 is 0 Å². The summed E-state index contributed by atoms with van der Waals surface area (Å²) in [5, 5.41) is 7.72. The van der Waals surface area contributed by atoms with Crippen LogP contribution in [0, 0.1) is 0 Å². The number of H-pyrrole nitrogens is 3. The Morgan fingerprint density at radius 3 is 1.40 bits per heavy atom. The lowest BCUT2D eigenvalue weighted by Gasteiger charge is -2.28. The molecule has 45 heavy (non-hydrogen) atoms. The van der Waals surface area contributed by atoms with Gasteiger partial charge in [0.05, 0.1) is 0 Å². The molecule has 0 bridgehead atoms. The fraction of sp³-hybridized carbons (Fsp3) is 0.122. The molecule has 1 unspecified atom stereocenters. The summed E-state index contributed by atoms with van der Waals surface area (Å²) in [6, 6.07) is 46.9. The van der Waals surface area contributed by atoms with Crippen molar-refractivity contribution in [2.24, 2.45) is 0 Å². The number of para-hydroxylation sites is 6. The van der Waals surface area contributed by atoms with Crippen LogP contribution in [0.2, 0.25) is 0 Å². The van der Waals surface area contributed by atoms with Crippen LogP contribution in [0.5, 0.6) is 0 Å². The van der Waals surface area contributed by atoms with Crippen molar-refractivity contribution in [3.8, 4) is 0 Å². The molecule has 0 fully saturated rings. The predicted molar refractivity (Wildman–Crippen MR) is 195 cm³/mol. The molecule has 216 valence electrons. The summed E-state index contributed by atoms with van der Waals surface area (Å²) in [6.07, 6.45) is 3.39. The number of fused-ring (bicyclic) bond motifs is 9. The molecule has 1 atom stereocenters. The highest BCUT2D eigenvalue weighted by molar-refractivity contribution is 6.89. The van der Waals surface area contributed by atoms with Crippen molar-refractivity contribution >= 4 is 83.1 Å². The number of hydrogen-bond acceptors (Lipinski definition) is 0. The molecular formula is C41H34BN3. The fourth-order valence-corrected chi connectivity index (χ4v) is 8.04. The number of benzene rings is 6. The number of nitrogens with one attached hydrogen (secondary N) is 3. The number of aromatic nitrogens is 3. The van der Waals surface area contributed by atoms with Crippen molar-refractivity contribution in [3.63, 3.8) is 0 Å².